The molecular weight excluding hydrogens is 300 g/mol. The lowest BCUT2D eigenvalue weighted by atomic mass is 9.83. The lowest BCUT2D eigenvalue weighted by Crippen LogP contribution is -2.34. The maximum atomic E-state index is 12.7. The molecule has 24 heavy (non-hydrogen) atoms. The molecule has 0 heterocycles. The SMILES string of the molecule is CC(C)(C(=O)Nc1cccc(C(=O)NC2CC2)c1)c1ccccc1. The molecule has 2 aromatic rings. The number of rotatable bonds is 5. The molecule has 1 aliphatic carbocycles. The molecule has 2 aromatic carbocycles. The molecule has 3 rings (SSSR count). The summed E-state index contributed by atoms with van der Waals surface area (Å²) in [4.78, 5) is 24.8. The van der Waals surface area contributed by atoms with Crippen molar-refractivity contribution in [3.63, 3.8) is 0 Å². The highest BCUT2D eigenvalue weighted by Crippen LogP contribution is 2.25. The average Bonchev–Trinajstić information content (AvgIpc) is 3.40. The van der Waals surface area contributed by atoms with E-state index in [0.29, 0.717) is 17.3 Å². The molecule has 0 spiro atoms. The van der Waals surface area contributed by atoms with Gasteiger partial charge in [-0.15, -0.1) is 0 Å². The molecule has 0 bridgehead atoms. The summed E-state index contributed by atoms with van der Waals surface area (Å²) in [6, 6.07) is 17.0. The Morgan fingerprint density at radius 1 is 1.00 bits per heavy atom. The van der Waals surface area contributed by atoms with E-state index >= 15 is 0 Å². The second-order valence-corrected chi connectivity index (χ2v) is 6.77. The van der Waals surface area contributed by atoms with Gasteiger partial charge in [0.15, 0.2) is 0 Å². The zero-order valence-corrected chi connectivity index (χ0v) is 14.0. The van der Waals surface area contributed by atoms with Crippen LogP contribution in [0.5, 0.6) is 0 Å². The lowest BCUT2D eigenvalue weighted by Gasteiger charge is -2.24. The number of amides is 2. The van der Waals surface area contributed by atoms with Gasteiger partial charge in [0.05, 0.1) is 5.41 Å². The first kappa shape index (κ1) is 16.2. The minimum atomic E-state index is -0.659. The summed E-state index contributed by atoms with van der Waals surface area (Å²) in [5, 5.41) is 5.88. The Morgan fingerprint density at radius 3 is 2.38 bits per heavy atom. The Bertz CT molecular complexity index is 749. The molecule has 124 valence electrons. The van der Waals surface area contributed by atoms with Crippen LogP contribution in [-0.2, 0) is 10.2 Å². The van der Waals surface area contributed by atoms with Gasteiger partial charge in [-0.3, -0.25) is 9.59 Å². The van der Waals surface area contributed by atoms with Crippen molar-refractivity contribution >= 4 is 17.5 Å². The fourth-order valence-electron chi connectivity index (χ4n) is 2.51. The van der Waals surface area contributed by atoms with E-state index in [-0.39, 0.29) is 11.8 Å². The van der Waals surface area contributed by atoms with Crippen LogP contribution in [0.2, 0.25) is 0 Å². The van der Waals surface area contributed by atoms with Crippen LogP contribution in [0.15, 0.2) is 54.6 Å². The Hall–Kier alpha value is -2.62. The lowest BCUT2D eigenvalue weighted by molar-refractivity contribution is -0.120. The van der Waals surface area contributed by atoms with Crippen LogP contribution in [0.25, 0.3) is 0 Å². The molecule has 0 saturated heterocycles. The van der Waals surface area contributed by atoms with Crippen molar-refractivity contribution in [3.05, 3.63) is 65.7 Å². The van der Waals surface area contributed by atoms with Crippen molar-refractivity contribution < 1.29 is 9.59 Å². The predicted octanol–water partition coefficient (Wildman–Crippen LogP) is 3.50. The fraction of sp³-hybridized carbons (Fsp3) is 0.300. The number of hydrogen-bond acceptors (Lipinski definition) is 2. The highest BCUT2D eigenvalue weighted by Gasteiger charge is 2.30. The summed E-state index contributed by atoms with van der Waals surface area (Å²) in [6.45, 7) is 3.78. The van der Waals surface area contributed by atoms with Crippen LogP contribution in [0, 0.1) is 0 Å². The predicted molar refractivity (Wildman–Crippen MR) is 95.0 cm³/mol. The van der Waals surface area contributed by atoms with Gasteiger partial charge < -0.3 is 10.6 Å². The minimum Gasteiger partial charge on any atom is -0.349 e. The van der Waals surface area contributed by atoms with Gasteiger partial charge in [0.1, 0.15) is 0 Å². The smallest absolute Gasteiger partial charge is 0.251 e. The number of anilines is 1. The molecule has 0 atom stereocenters. The van der Waals surface area contributed by atoms with Crippen molar-refractivity contribution in [2.45, 2.75) is 38.1 Å². The van der Waals surface area contributed by atoms with Crippen molar-refractivity contribution in [3.8, 4) is 0 Å². The third kappa shape index (κ3) is 3.65. The molecule has 0 radical (unpaired) electrons. The quantitative estimate of drug-likeness (QED) is 0.885. The zero-order valence-electron chi connectivity index (χ0n) is 14.0. The van der Waals surface area contributed by atoms with Crippen LogP contribution in [0.1, 0.15) is 42.6 Å². The van der Waals surface area contributed by atoms with Crippen molar-refractivity contribution in [1.82, 2.24) is 5.32 Å². The normalized spacial score (nSPS) is 14.1. The van der Waals surface area contributed by atoms with Gasteiger partial charge in [-0.2, -0.15) is 0 Å². The monoisotopic (exact) mass is 322 g/mol. The molecule has 1 saturated carbocycles. The van der Waals surface area contributed by atoms with Crippen LogP contribution < -0.4 is 10.6 Å². The second kappa shape index (κ2) is 6.48. The third-order valence-corrected chi connectivity index (χ3v) is 4.36. The Kier molecular flexibility index (Phi) is 4.38. The minimum absolute atomic E-state index is 0.0871. The molecule has 0 aromatic heterocycles. The number of hydrogen-bond donors (Lipinski definition) is 2. The van der Waals surface area contributed by atoms with Gasteiger partial charge in [0.25, 0.3) is 5.91 Å². The summed E-state index contributed by atoms with van der Waals surface area (Å²) in [6.07, 6.45) is 2.10. The first-order chi connectivity index (χ1) is 11.5. The van der Waals surface area contributed by atoms with E-state index in [1.165, 1.54) is 0 Å². The van der Waals surface area contributed by atoms with Crippen molar-refractivity contribution in [2.75, 3.05) is 5.32 Å². The number of carbonyl (C=O) groups excluding carboxylic acids is 2. The topological polar surface area (TPSA) is 58.2 Å². The summed E-state index contributed by atoms with van der Waals surface area (Å²) in [5.41, 5.74) is 1.49. The summed E-state index contributed by atoms with van der Waals surface area (Å²) >= 11 is 0. The Labute approximate surface area is 142 Å². The summed E-state index contributed by atoms with van der Waals surface area (Å²) < 4.78 is 0. The average molecular weight is 322 g/mol. The molecule has 2 N–H and O–H groups in total. The highest BCUT2D eigenvalue weighted by atomic mass is 16.2. The maximum absolute atomic E-state index is 12.7. The molecule has 2 amide bonds. The van der Waals surface area contributed by atoms with E-state index in [2.05, 4.69) is 10.6 Å². The molecule has 0 unspecified atom stereocenters. The molecule has 1 aliphatic rings. The van der Waals surface area contributed by atoms with Gasteiger partial charge in [-0.25, -0.2) is 0 Å². The van der Waals surface area contributed by atoms with Crippen LogP contribution >= 0.6 is 0 Å². The maximum Gasteiger partial charge on any atom is 0.251 e. The van der Waals surface area contributed by atoms with Crippen molar-refractivity contribution in [1.29, 1.82) is 0 Å². The van der Waals surface area contributed by atoms with E-state index in [1.54, 1.807) is 24.3 Å². The van der Waals surface area contributed by atoms with Crippen LogP contribution in [0.3, 0.4) is 0 Å². The second-order valence-electron chi connectivity index (χ2n) is 6.77. The Morgan fingerprint density at radius 2 is 1.71 bits per heavy atom. The van der Waals surface area contributed by atoms with Gasteiger partial charge in [0, 0.05) is 17.3 Å². The summed E-state index contributed by atoms with van der Waals surface area (Å²) in [5.74, 6) is -0.190. The van der Waals surface area contributed by atoms with Gasteiger partial charge >= 0.3 is 0 Å². The first-order valence-corrected chi connectivity index (χ1v) is 8.25. The van der Waals surface area contributed by atoms with E-state index in [1.807, 2.05) is 44.2 Å². The van der Waals surface area contributed by atoms with E-state index in [4.69, 9.17) is 0 Å². The zero-order chi connectivity index (χ0) is 17.2. The highest BCUT2D eigenvalue weighted by molar-refractivity contribution is 6.00. The first-order valence-electron chi connectivity index (χ1n) is 8.25. The third-order valence-electron chi connectivity index (χ3n) is 4.36. The van der Waals surface area contributed by atoms with Gasteiger partial charge in [-0.05, 0) is 50.5 Å². The van der Waals surface area contributed by atoms with Gasteiger partial charge in [0.2, 0.25) is 5.91 Å². The number of nitrogens with one attached hydrogen (secondary N) is 2. The molecule has 4 nitrogen and oxygen atoms in total. The molecular formula is C20H22N2O2. The van der Waals surface area contributed by atoms with Crippen LogP contribution in [-0.4, -0.2) is 17.9 Å². The van der Waals surface area contributed by atoms with Crippen molar-refractivity contribution in [2.24, 2.45) is 0 Å². The largest absolute Gasteiger partial charge is 0.349 e. The van der Waals surface area contributed by atoms with Crippen LogP contribution in [0.4, 0.5) is 5.69 Å². The van der Waals surface area contributed by atoms with E-state index < -0.39 is 5.41 Å². The number of benzene rings is 2. The van der Waals surface area contributed by atoms with E-state index in [9.17, 15) is 9.59 Å². The molecule has 4 heteroatoms. The van der Waals surface area contributed by atoms with E-state index in [0.717, 1.165) is 18.4 Å². The van der Waals surface area contributed by atoms with Gasteiger partial charge in [-0.1, -0.05) is 36.4 Å². The fourth-order valence-corrected chi connectivity index (χ4v) is 2.51. The standard InChI is InChI=1S/C20H22N2O2/c1-20(2,15-8-4-3-5-9-15)19(24)22-17-10-6-7-14(13-17)18(23)21-16-11-12-16/h3-10,13,16H,11-12H2,1-2H3,(H,21,23)(H,22,24). The molecule has 1 fully saturated rings. The number of carbonyl (C=O) groups is 2. The molecule has 0 aliphatic heterocycles. The summed E-state index contributed by atoms with van der Waals surface area (Å²) in [7, 11) is 0. The Balaban J connectivity index is 1.73.